The summed E-state index contributed by atoms with van der Waals surface area (Å²) >= 11 is 1.69. The normalized spacial score (nSPS) is 21.3. The zero-order valence-electron chi connectivity index (χ0n) is 14.6. The van der Waals surface area contributed by atoms with Crippen LogP contribution in [0.3, 0.4) is 0 Å². The first-order chi connectivity index (χ1) is 11.6. The van der Waals surface area contributed by atoms with Gasteiger partial charge in [0.25, 0.3) is 0 Å². The molecule has 2 aliphatic rings. The van der Waals surface area contributed by atoms with E-state index in [0.717, 1.165) is 57.6 Å². The van der Waals surface area contributed by atoms with E-state index in [1.54, 1.807) is 11.3 Å². The van der Waals surface area contributed by atoms with Crippen LogP contribution in [0, 0.1) is 0 Å². The first kappa shape index (κ1) is 17.4. The SMILES string of the molecule is CC(C)(CN=C(N)N1CCN(c2nccs2)CC1)N1CCOCC1. The van der Waals surface area contributed by atoms with Crippen LogP contribution in [0.15, 0.2) is 16.6 Å². The van der Waals surface area contributed by atoms with Crippen molar-refractivity contribution in [2.75, 3.05) is 63.9 Å². The second-order valence-corrected chi connectivity index (χ2v) is 7.75. The molecule has 1 aromatic heterocycles. The molecule has 0 radical (unpaired) electrons. The van der Waals surface area contributed by atoms with Crippen LogP contribution in [-0.4, -0.2) is 85.3 Å². The monoisotopic (exact) mass is 352 g/mol. The number of rotatable bonds is 4. The Bertz CT molecular complexity index is 533. The molecule has 134 valence electrons. The summed E-state index contributed by atoms with van der Waals surface area (Å²) in [6.07, 6.45) is 1.86. The Balaban J connectivity index is 1.51. The van der Waals surface area contributed by atoms with Gasteiger partial charge in [-0.1, -0.05) is 0 Å². The fourth-order valence-corrected chi connectivity index (χ4v) is 3.84. The van der Waals surface area contributed by atoms with E-state index in [0.29, 0.717) is 12.5 Å². The molecule has 3 rings (SSSR count). The summed E-state index contributed by atoms with van der Waals surface area (Å²) in [5, 5.41) is 3.12. The number of aliphatic imine (C=N–C) groups is 1. The average molecular weight is 353 g/mol. The molecule has 2 saturated heterocycles. The molecule has 0 aliphatic carbocycles. The number of hydrogen-bond acceptors (Lipinski definition) is 6. The number of piperazine rings is 1. The van der Waals surface area contributed by atoms with Crippen molar-refractivity contribution in [1.82, 2.24) is 14.8 Å². The van der Waals surface area contributed by atoms with Crippen LogP contribution < -0.4 is 10.6 Å². The molecule has 0 amide bonds. The number of morpholine rings is 1. The van der Waals surface area contributed by atoms with Gasteiger partial charge in [0.05, 0.1) is 19.8 Å². The van der Waals surface area contributed by atoms with E-state index in [1.807, 2.05) is 11.6 Å². The molecule has 0 bridgehead atoms. The van der Waals surface area contributed by atoms with Gasteiger partial charge in [-0.2, -0.15) is 0 Å². The molecule has 2 N–H and O–H groups in total. The first-order valence-corrected chi connectivity index (χ1v) is 9.46. The maximum atomic E-state index is 6.25. The topological polar surface area (TPSA) is 70.2 Å². The Kier molecular flexibility index (Phi) is 5.57. The summed E-state index contributed by atoms with van der Waals surface area (Å²) in [4.78, 5) is 16.0. The number of hydrogen-bond donors (Lipinski definition) is 1. The molecule has 2 aliphatic heterocycles. The van der Waals surface area contributed by atoms with Crippen molar-refractivity contribution in [3.8, 4) is 0 Å². The minimum absolute atomic E-state index is 0.0110. The molecule has 3 heterocycles. The van der Waals surface area contributed by atoms with Gasteiger partial charge in [0.1, 0.15) is 0 Å². The van der Waals surface area contributed by atoms with Gasteiger partial charge in [-0.25, -0.2) is 4.98 Å². The quantitative estimate of drug-likeness (QED) is 0.635. The molecule has 0 unspecified atom stereocenters. The molecule has 1 aromatic rings. The van der Waals surface area contributed by atoms with Gasteiger partial charge >= 0.3 is 0 Å². The van der Waals surface area contributed by atoms with Gasteiger partial charge in [0.2, 0.25) is 0 Å². The molecular weight excluding hydrogens is 324 g/mol. The van der Waals surface area contributed by atoms with Gasteiger partial charge in [-0.3, -0.25) is 9.89 Å². The van der Waals surface area contributed by atoms with Crippen LogP contribution in [-0.2, 0) is 4.74 Å². The van der Waals surface area contributed by atoms with E-state index < -0.39 is 0 Å². The fourth-order valence-electron chi connectivity index (χ4n) is 3.14. The minimum atomic E-state index is 0.0110. The van der Waals surface area contributed by atoms with Crippen LogP contribution in [0.1, 0.15) is 13.8 Å². The third-order valence-electron chi connectivity index (χ3n) is 4.79. The molecule has 7 nitrogen and oxygen atoms in total. The van der Waals surface area contributed by atoms with Crippen molar-refractivity contribution in [2.24, 2.45) is 10.7 Å². The summed E-state index contributed by atoms with van der Waals surface area (Å²) in [6.45, 7) is 12.4. The Morgan fingerprint density at radius 2 is 1.96 bits per heavy atom. The van der Waals surface area contributed by atoms with Crippen molar-refractivity contribution >= 4 is 22.4 Å². The van der Waals surface area contributed by atoms with Crippen molar-refractivity contribution in [3.63, 3.8) is 0 Å². The number of nitrogens with two attached hydrogens (primary N) is 1. The lowest BCUT2D eigenvalue weighted by Crippen LogP contribution is -2.53. The van der Waals surface area contributed by atoms with Crippen LogP contribution in [0.5, 0.6) is 0 Å². The van der Waals surface area contributed by atoms with Crippen molar-refractivity contribution in [3.05, 3.63) is 11.6 Å². The van der Waals surface area contributed by atoms with E-state index in [9.17, 15) is 0 Å². The highest BCUT2D eigenvalue weighted by Gasteiger charge is 2.28. The van der Waals surface area contributed by atoms with Crippen LogP contribution in [0.2, 0.25) is 0 Å². The molecule has 24 heavy (non-hydrogen) atoms. The standard InChI is InChI=1S/C16H28N6OS/c1-16(2,22-8-10-23-11-9-22)13-19-14(17)20-4-6-21(7-5-20)15-18-3-12-24-15/h3,12H,4-11,13H2,1-2H3,(H2,17,19). The molecular formula is C16H28N6OS. The molecule has 2 fully saturated rings. The molecule has 0 aromatic carbocycles. The largest absolute Gasteiger partial charge is 0.379 e. The van der Waals surface area contributed by atoms with Crippen molar-refractivity contribution < 1.29 is 4.74 Å². The maximum Gasteiger partial charge on any atom is 0.191 e. The lowest BCUT2D eigenvalue weighted by Gasteiger charge is -2.40. The lowest BCUT2D eigenvalue weighted by molar-refractivity contribution is -0.00687. The second-order valence-electron chi connectivity index (χ2n) is 6.88. The third-order valence-corrected chi connectivity index (χ3v) is 5.62. The van der Waals surface area contributed by atoms with Gasteiger partial charge in [-0.05, 0) is 13.8 Å². The van der Waals surface area contributed by atoms with E-state index in [-0.39, 0.29) is 5.54 Å². The average Bonchev–Trinajstić information content (AvgIpc) is 3.15. The van der Waals surface area contributed by atoms with Crippen LogP contribution >= 0.6 is 11.3 Å². The summed E-state index contributed by atoms with van der Waals surface area (Å²) in [7, 11) is 0. The number of ether oxygens (including phenoxy) is 1. The highest BCUT2D eigenvalue weighted by Crippen LogP contribution is 2.19. The predicted molar refractivity (Wildman–Crippen MR) is 98.9 cm³/mol. The maximum absolute atomic E-state index is 6.25. The smallest absolute Gasteiger partial charge is 0.191 e. The van der Waals surface area contributed by atoms with E-state index >= 15 is 0 Å². The molecule has 8 heteroatoms. The zero-order valence-corrected chi connectivity index (χ0v) is 15.5. The summed E-state index contributed by atoms with van der Waals surface area (Å²) in [5.41, 5.74) is 6.26. The number of anilines is 1. The van der Waals surface area contributed by atoms with Gasteiger partial charge in [-0.15, -0.1) is 11.3 Å². The second kappa shape index (κ2) is 7.67. The highest BCUT2D eigenvalue weighted by atomic mass is 32.1. The minimum Gasteiger partial charge on any atom is -0.379 e. The fraction of sp³-hybridized carbons (Fsp3) is 0.750. The Morgan fingerprint density at radius 3 is 2.58 bits per heavy atom. The van der Waals surface area contributed by atoms with Crippen molar-refractivity contribution in [1.29, 1.82) is 0 Å². The van der Waals surface area contributed by atoms with E-state index in [2.05, 4.69) is 38.5 Å². The summed E-state index contributed by atoms with van der Waals surface area (Å²) in [5.74, 6) is 0.662. The van der Waals surface area contributed by atoms with Crippen molar-refractivity contribution in [2.45, 2.75) is 19.4 Å². The van der Waals surface area contributed by atoms with E-state index in [1.165, 1.54) is 0 Å². The predicted octanol–water partition coefficient (Wildman–Crippen LogP) is 0.691. The highest BCUT2D eigenvalue weighted by molar-refractivity contribution is 7.13. The zero-order chi connectivity index (χ0) is 17.0. The van der Waals surface area contributed by atoms with Crippen LogP contribution in [0.4, 0.5) is 5.13 Å². The van der Waals surface area contributed by atoms with Gasteiger partial charge < -0.3 is 20.3 Å². The molecule has 0 atom stereocenters. The number of thiazole rings is 1. The Labute approximate surface area is 148 Å². The van der Waals surface area contributed by atoms with Gasteiger partial charge in [0.15, 0.2) is 11.1 Å². The Morgan fingerprint density at radius 1 is 1.25 bits per heavy atom. The van der Waals surface area contributed by atoms with Crippen LogP contribution in [0.25, 0.3) is 0 Å². The Hall–Kier alpha value is -1.38. The summed E-state index contributed by atoms with van der Waals surface area (Å²) < 4.78 is 5.44. The van der Waals surface area contributed by atoms with Gasteiger partial charge in [0, 0.05) is 56.4 Å². The van der Waals surface area contributed by atoms with E-state index in [4.69, 9.17) is 10.5 Å². The number of nitrogens with zero attached hydrogens (tertiary/aromatic N) is 5. The molecule has 0 spiro atoms. The third kappa shape index (κ3) is 4.17. The number of guanidine groups is 1. The first-order valence-electron chi connectivity index (χ1n) is 8.58. The number of aromatic nitrogens is 1. The lowest BCUT2D eigenvalue weighted by atomic mass is 10.0. The summed E-state index contributed by atoms with van der Waals surface area (Å²) in [6, 6.07) is 0. The molecule has 0 saturated carbocycles.